The van der Waals surface area contributed by atoms with Crippen molar-refractivity contribution in [2.45, 2.75) is 37.9 Å². The van der Waals surface area contributed by atoms with Crippen LogP contribution in [0.4, 0.5) is 0 Å². The molecule has 2 rings (SSSR count). The number of aromatic carboxylic acids is 1. The molecule has 0 saturated carbocycles. The highest BCUT2D eigenvalue weighted by Gasteiger charge is 2.39. The molecule has 7 nitrogen and oxygen atoms in total. The smallest absolute Gasteiger partial charge is 0.335 e. The van der Waals surface area contributed by atoms with Gasteiger partial charge in [-0.2, -0.15) is 10.2 Å². The lowest BCUT2D eigenvalue weighted by molar-refractivity contribution is -0.121. The molecule has 1 aromatic carbocycles. The molecule has 1 aromatic rings. The van der Waals surface area contributed by atoms with E-state index in [9.17, 15) is 9.59 Å². The van der Waals surface area contributed by atoms with E-state index in [1.807, 2.05) is 0 Å². The van der Waals surface area contributed by atoms with Crippen LogP contribution in [0.15, 0.2) is 28.4 Å². The highest BCUT2D eigenvalue weighted by molar-refractivity contribution is 5.88. The fraction of sp³-hybridized carbons (Fsp3) is 0.412. The highest BCUT2D eigenvalue weighted by atomic mass is 16.5. The first kappa shape index (κ1) is 17.5. The van der Waals surface area contributed by atoms with Crippen molar-refractivity contribution < 1.29 is 19.4 Å². The number of rotatable bonds is 9. The maximum Gasteiger partial charge on any atom is 0.335 e. The van der Waals surface area contributed by atoms with Crippen molar-refractivity contribution in [1.29, 1.82) is 0 Å². The van der Waals surface area contributed by atoms with Crippen LogP contribution in [0.25, 0.3) is 0 Å². The minimum Gasteiger partial charge on any atom is -0.496 e. The Morgan fingerprint density at radius 1 is 1.38 bits per heavy atom. The topological polar surface area (TPSA) is 100 Å². The number of methoxy groups -OCH3 is 1. The first-order valence-electron chi connectivity index (χ1n) is 7.54. The zero-order chi connectivity index (χ0) is 17.6. The molecule has 0 saturated heterocycles. The monoisotopic (exact) mass is 329 g/mol. The third kappa shape index (κ3) is 4.56. The number of nitrogens with one attached hydrogen (secondary N) is 1. The lowest BCUT2D eigenvalue weighted by Gasteiger charge is -2.12. The van der Waals surface area contributed by atoms with E-state index in [0.717, 1.165) is 0 Å². The Morgan fingerprint density at radius 3 is 2.71 bits per heavy atom. The zero-order valence-corrected chi connectivity index (χ0v) is 13.4. The molecule has 0 spiro atoms. The molecular formula is C17H19N3O4. The van der Waals surface area contributed by atoms with Gasteiger partial charge in [0.2, 0.25) is 5.91 Å². The lowest BCUT2D eigenvalue weighted by atomic mass is 10.0. The van der Waals surface area contributed by atoms with Crippen molar-refractivity contribution in [3.63, 3.8) is 0 Å². The van der Waals surface area contributed by atoms with Gasteiger partial charge < -0.3 is 15.2 Å². The Labute approximate surface area is 140 Å². The first-order chi connectivity index (χ1) is 11.5. The molecule has 0 fully saturated rings. The van der Waals surface area contributed by atoms with Crippen molar-refractivity contribution in [2.24, 2.45) is 10.2 Å². The van der Waals surface area contributed by atoms with Crippen LogP contribution in [0.1, 0.15) is 41.6 Å². The largest absolute Gasteiger partial charge is 0.496 e. The summed E-state index contributed by atoms with van der Waals surface area (Å²) in [5, 5.41) is 19.7. The highest BCUT2D eigenvalue weighted by Crippen LogP contribution is 2.37. The van der Waals surface area contributed by atoms with E-state index in [-0.39, 0.29) is 18.0 Å². The third-order valence-corrected chi connectivity index (χ3v) is 3.82. The molecule has 1 aliphatic heterocycles. The molecular weight excluding hydrogens is 310 g/mol. The Hall–Kier alpha value is -2.88. The average Bonchev–Trinajstić information content (AvgIpc) is 3.36. The summed E-state index contributed by atoms with van der Waals surface area (Å²) < 4.78 is 5.17. The van der Waals surface area contributed by atoms with E-state index >= 15 is 0 Å². The van der Waals surface area contributed by atoms with Gasteiger partial charge in [0.1, 0.15) is 5.75 Å². The second-order valence-electron chi connectivity index (χ2n) is 5.50. The molecule has 24 heavy (non-hydrogen) atoms. The van der Waals surface area contributed by atoms with Gasteiger partial charge in [-0.05, 0) is 12.1 Å². The Bertz CT molecular complexity index is 700. The van der Waals surface area contributed by atoms with E-state index < -0.39 is 11.6 Å². The number of carboxylic acid groups (broad SMARTS) is 1. The van der Waals surface area contributed by atoms with E-state index in [1.165, 1.54) is 19.2 Å². The van der Waals surface area contributed by atoms with Crippen LogP contribution in [0, 0.1) is 12.3 Å². The number of amides is 1. The molecule has 0 bridgehead atoms. The average molecular weight is 329 g/mol. The molecule has 1 amide bonds. The number of hydrogen-bond acceptors (Lipinski definition) is 5. The Kier molecular flexibility index (Phi) is 5.53. The summed E-state index contributed by atoms with van der Waals surface area (Å²) in [7, 11) is 1.46. The van der Waals surface area contributed by atoms with Crippen LogP contribution < -0.4 is 10.1 Å². The minimum absolute atomic E-state index is 0.128. The second kappa shape index (κ2) is 7.59. The standard InChI is InChI=1S/C17H19N3O4/c1-3-4-8-17(19-20-17)9-7-15(21)18-11-13-6-5-12(16(22)23)10-14(13)24-2/h1,5-6,10H,4,7-9,11H2,2H3,(H,18,21)(H,22,23). The van der Waals surface area contributed by atoms with Crippen LogP contribution in [-0.2, 0) is 11.3 Å². The van der Waals surface area contributed by atoms with E-state index in [2.05, 4.69) is 21.5 Å². The minimum atomic E-state index is -1.03. The number of carbonyl (C=O) groups is 2. The van der Waals surface area contributed by atoms with E-state index in [4.69, 9.17) is 16.3 Å². The Morgan fingerprint density at radius 2 is 2.12 bits per heavy atom. The van der Waals surface area contributed by atoms with Gasteiger partial charge in [0, 0.05) is 37.8 Å². The van der Waals surface area contributed by atoms with Crippen LogP contribution in [0.5, 0.6) is 5.75 Å². The van der Waals surface area contributed by atoms with E-state index in [0.29, 0.717) is 37.0 Å². The molecule has 2 N–H and O–H groups in total. The van der Waals surface area contributed by atoms with Crippen molar-refractivity contribution >= 4 is 11.9 Å². The molecule has 126 valence electrons. The third-order valence-electron chi connectivity index (χ3n) is 3.82. The summed E-state index contributed by atoms with van der Waals surface area (Å²) in [6.45, 7) is 0.257. The van der Waals surface area contributed by atoms with Gasteiger partial charge in [-0.15, -0.1) is 12.3 Å². The summed E-state index contributed by atoms with van der Waals surface area (Å²) in [6, 6.07) is 4.53. The number of benzene rings is 1. The van der Waals surface area contributed by atoms with Gasteiger partial charge in [-0.1, -0.05) is 6.07 Å². The first-order valence-corrected chi connectivity index (χ1v) is 7.54. The van der Waals surface area contributed by atoms with Gasteiger partial charge in [0.05, 0.1) is 12.7 Å². The lowest BCUT2D eigenvalue weighted by Crippen LogP contribution is -2.25. The van der Waals surface area contributed by atoms with Crippen LogP contribution in [-0.4, -0.2) is 29.8 Å². The zero-order valence-electron chi connectivity index (χ0n) is 13.4. The van der Waals surface area contributed by atoms with Crippen LogP contribution >= 0.6 is 0 Å². The molecule has 0 aromatic heterocycles. The molecule has 1 aliphatic rings. The summed E-state index contributed by atoms with van der Waals surface area (Å²) in [5.41, 5.74) is 0.373. The molecule has 1 heterocycles. The predicted molar refractivity (Wildman–Crippen MR) is 86.7 cm³/mol. The predicted octanol–water partition coefficient (Wildman–Crippen LogP) is 2.37. The summed E-state index contributed by atoms with van der Waals surface area (Å²) in [6.07, 6.45) is 7.32. The summed E-state index contributed by atoms with van der Waals surface area (Å²) in [5.74, 6) is 1.81. The SMILES string of the molecule is C#CCCC1(CCC(=O)NCc2ccc(C(=O)O)cc2OC)N=N1. The van der Waals surface area contributed by atoms with Crippen LogP contribution in [0.3, 0.4) is 0 Å². The molecule has 0 radical (unpaired) electrons. The van der Waals surface area contributed by atoms with Crippen molar-refractivity contribution in [2.75, 3.05) is 7.11 Å². The van der Waals surface area contributed by atoms with E-state index in [1.54, 1.807) is 6.07 Å². The number of terminal acetylenes is 1. The molecule has 0 atom stereocenters. The van der Waals surface area contributed by atoms with Gasteiger partial charge in [-0.25, -0.2) is 4.79 Å². The number of ether oxygens (including phenoxy) is 1. The number of nitrogens with zero attached hydrogens (tertiary/aromatic N) is 2. The maximum atomic E-state index is 12.0. The number of carbonyl (C=O) groups excluding carboxylic acids is 1. The van der Waals surface area contributed by atoms with Gasteiger partial charge in [-0.3, -0.25) is 4.79 Å². The summed E-state index contributed by atoms with van der Waals surface area (Å²) in [4.78, 5) is 22.9. The van der Waals surface area contributed by atoms with Crippen molar-refractivity contribution in [3.8, 4) is 18.1 Å². The van der Waals surface area contributed by atoms with Gasteiger partial charge in [0.15, 0.2) is 5.66 Å². The quantitative estimate of drug-likeness (QED) is 0.679. The maximum absolute atomic E-state index is 12.0. The number of hydrogen-bond donors (Lipinski definition) is 2. The van der Waals surface area contributed by atoms with Crippen molar-refractivity contribution in [1.82, 2.24) is 5.32 Å². The van der Waals surface area contributed by atoms with Crippen molar-refractivity contribution in [3.05, 3.63) is 29.3 Å². The van der Waals surface area contributed by atoms with Crippen LogP contribution in [0.2, 0.25) is 0 Å². The molecule has 0 unspecified atom stereocenters. The molecule has 7 heteroatoms. The number of carboxylic acids is 1. The fourth-order valence-electron chi connectivity index (χ4n) is 2.29. The molecule has 0 aliphatic carbocycles. The Balaban J connectivity index is 1.84. The van der Waals surface area contributed by atoms with Gasteiger partial charge in [0.25, 0.3) is 0 Å². The normalized spacial score (nSPS) is 13.8. The fourth-order valence-corrected chi connectivity index (χ4v) is 2.29. The summed E-state index contributed by atoms with van der Waals surface area (Å²) >= 11 is 0. The second-order valence-corrected chi connectivity index (χ2v) is 5.50. The van der Waals surface area contributed by atoms with Gasteiger partial charge >= 0.3 is 5.97 Å².